The molecule has 1 aliphatic carbocycles. The average Bonchev–Trinajstić information content (AvgIpc) is 3.10. The van der Waals surface area contributed by atoms with Crippen molar-refractivity contribution in [2.45, 2.75) is 38.6 Å². The van der Waals surface area contributed by atoms with E-state index < -0.39 is 23.5 Å². The minimum Gasteiger partial charge on any atom is -0.507 e. The number of amides is 1. The quantitative estimate of drug-likeness (QED) is 0.325. The fourth-order valence-electron chi connectivity index (χ4n) is 4.80. The Kier molecular flexibility index (Phi) is 5.33. The van der Waals surface area contributed by atoms with Gasteiger partial charge in [-0.25, -0.2) is 4.39 Å². The van der Waals surface area contributed by atoms with E-state index in [4.69, 9.17) is 0 Å². The average molecular weight is 442 g/mol. The number of aliphatic hydroxyl groups is 1. The standard InChI is InChI=1S/C28H24FNO3/c1-17-6-14-23(15-7-17)30-25(19-10-12-22(29)13-11-19)24(27(32)28(30)33)26(31)21-9-8-18-4-2-3-5-20(18)16-21/h6-16,25,31H,2-5H2,1H3/b26-24-. The van der Waals surface area contributed by atoms with Crippen LogP contribution in [0.4, 0.5) is 10.1 Å². The summed E-state index contributed by atoms with van der Waals surface area (Å²) in [5.74, 6) is -2.08. The second-order valence-corrected chi connectivity index (χ2v) is 8.75. The Morgan fingerprint density at radius 3 is 2.27 bits per heavy atom. The summed E-state index contributed by atoms with van der Waals surface area (Å²) in [7, 11) is 0. The summed E-state index contributed by atoms with van der Waals surface area (Å²) in [6, 6.07) is 17.8. The molecule has 1 atom stereocenters. The normalized spacial score (nSPS) is 19.6. The van der Waals surface area contributed by atoms with Gasteiger partial charge in [0.15, 0.2) is 0 Å². The van der Waals surface area contributed by atoms with Gasteiger partial charge in [-0.3, -0.25) is 14.5 Å². The van der Waals surface area contributed by atoms with Crippen LogP contribution in [-0.4, -0.2) is 16.8 Å². The Labute approximate surface area is 192 Å². The second kappa shape index (κ2) is 8.32. The highest BCUT2D eigenvalue weighted by atomic mass is 19.1. The Balaban J connectivity index is 1.68. The number of carbonyl (C=O) groups is 2. The van der Waals surface area contributed by atoms with E-state index in [0.717, 1.165) is 36.8 Å². The number of ketones is 1. The molecule has 5 heteroatoms. The predicted octanol–water partition coefficient (Wildman–Crippen LogP) is 5.64. The van der Waals surface area contributed by atoms with Gasteiger partial charge >= 0.3 is 0 Å². The Morgan fingerprint density at radius 1 is 0.909 bits per heavy atom. The van der Waals surface area contributed by atoms with E-state index in [1.54, 1.807) is 30.3 Å². The number of anilines is 1. The third-order valence-corrected chi connectivity index (χ3v) is 6.56. The van der Waals surface area contributed by atoms with E-state index in [-0.39, 0.29) is 11.3 Å². The summed E-state index contributed by atoms with van der Waals surface area (Å²) in [6.45, 7) is 1.94. The molecular weight excluding hydrogens is 417 g/mol. The van der Waals surface area contributed by atoms with Gasteiger partial charge in [-0.1, -0.05) is 42.0 Å². The third-order valence-electron chi connectivity index (χ3n) is 6.56. The van der Waals surface area contributed by atoms with Gasteiger partial charge in [0.1, 0.15) is 11.6 Å². The van der Waals surface area contributed by atoms with Crippen molar-refractivity contribution in [1.29, 1.82) is 0 Å². The maximum Gasteiger partial charge on any atom is 0.300 e. The molecule has 3 aromatic carbocycles. The van der Waals surface area contributed by atoms with Crippen molar-refractivity contribution in [2.75, 3.05) is 4.90 Å². The molecule has 1 unspecified atom stereocenters. The number of nitrogens with zero attached hydrogens (tertiary/aromatic N) is 1. The number of benzene rings is 3. The van der Waals surface area contributed by atoms with E-state index >= 15 is 0 Å². The van der Waals surface area contributed by atoms with Crippen LogP contribution >= 0.6 is 0 Å². The molecule has 4 nitrogen and oxygen atoms in total. The number of Topliss-reactive ketones (excluding diaryl/α,β-unsaturated/α-hetero) is 1. The summed E-state index contributed by atoms with van der Waals surface area (Å²) in [5, 5.41) is 11.3. The number of halogens is 1. The van der Waals surface area contributed by atoms with Crippen LogP contribution in [0.5, 0.6) is 0 Å². The number of hydrogen-bond donors (Lipinski definition) is 1. The van der Waals surface area contributed by atoms with Gasteiger partial charge in [0.05, 0.1) is 11.6 Å². The first-order valence-corrected chi connectivity index (χ1v) is 11.2. The van der Waals surface area contributed by atoms with Crippen molar-refractivity contribution < 1.29 is 19.1 Å². The Bertz CT molecular complexity index is 1280. The van der Waals surface area contributed by atoms with E-state index in [9.17, 15) is 19.1 Å². The first-order valence-electron chi connectivity index (χ1n) is 11.2. The smallest absolute Gasteiger partial charge is 0.300 e. The number of rotatable bonds is 3. The lowest BCUT2D eigenvalue weighted by Gasteiger charge is -2.25. The van der Waals surface area contributed by atoms with Crippen LogP contribution in [0.15, 0.2) is 72.3 Å². The lowest BCUT2D eigenvalue weighted by Crippen LogP contribution is -2.29. The maximum absolute atomic E-state index is 13.7. The van der Waals surface area contributed by atoms with Crippen molar-refractivity contribution in [3.8, 4) is 0 Å². The highest BCUT2D eigenvalue weighted by Crippen LogP contribution is 2.42. The zero-order chi connectivity index (χ0) is 23.1. The number of carbonyl (C=O) groups excluding carboxylic acids is 2. The van der Waals surface area contributed by atoms with Gasteiger partial charge in [0.2, 0.25) is 0 Å². The summed E-state index contributed by atoms with van der Waals surface area (Å²) in [6.07, 6.45) is 4.16. The summed E-state index contributed by atoms with van der Waals surface area (Å²) >= 11 is 0. The Morgan fingerprint density at radius 2 is 1.58 bits per heavy atom. The topological polar surface area (TPSA) is 57.6 Å². The molecule has 0 saturated carbocycles. The maximum atomic E-state index is 13.7. The highest BCUT2D eigenvalue weighted by Gasteiger charge is 2.47. The number of aryl methyl sites for hydroxylation is 3. The number of fused-ring (bicyclic) bond motifs is 1. The monoisotopic (exact) mass is 441 g/mol. The third kappa shape index (κ3) is 3.74. The van der Waals surface area contributed by atoms with E-state index in [1.807, 2.05) is 31.2 Å². The summed E-state index contributed by atoms with van der Waals surface area (Å²) < 4.78 is 13.7. The molecule has 0 radical (unpaired) electrons. The fourth-order valence-corrected chi connectivity index (χ4v) is 4.80. The van der Waals surface area contributed by atoms with Gasteiger partial charge < -0.3 is 5.11 Å². The van der Waals surface area contributed by atoms with Crippen LogP contribution in [-0.2, 0) is 22.4 Å². The summed E-state index contributed by atoms with van der Waals surface area (Å²) in [4.78, 5) is 27.8. The molecule has 2 aliphatic rings. The molecule has 0 bridgehead atoms. The predicted molar refractivity (Wildman–Crippen MR) is 125 cm³/mol. The zero-order valence-electron chi connectivity index (χ0n) is 18.3. The molecule has 1 fully saturated rings. The van der Waals surface area contributed by atoms with Crippen LogP contribution < -0.4 is 4.90 Å². The molecule has 166 valence electrons. The second-order valence-electron chi connectivity index (χ2n) is 8.75. The van der Waals surface area contributed by atoms with Crippen molar-refractivity contribution in [1.82, 2.24) is 0 Å². The number of hydrogen-bond acceptors (Lipinski definition) is 3. The van der Waals surface area contributed by atoms with E-state index in [0.29, 0.717) is 16.8 Å². The van der Waals surface area contributed by atoms with E-state index in [1.165, 1.54) is 22.6 Å². The first kappa shape index (κ1) is 21.1. The lowest BCUT2D eigenvalue weighted by molar-refractivity contribution is -0.132. The fraction of sp³-hybridized carbons (Fsp3) is 0.214. The van der Waals surface area contributed by atoms with Crippen LogP contribution in [0.2, 0.25) is 0 Å². The lowest BCUT2D eigenvalue weighted by atomic mass is 9.88. The molecule has 5 rings (SSSR count). The molecule has 0 spiro atoms. The van der Waals surface area contributed by atoms with Crippen molar-refractivity contribution in [2.24, 2.45) is 0 Å². The van der Waals surface area contributed by atoms with Gasteiger partial charge in [0.25, 0.3) is 11.7 Å². The van der Waals surface area contributed by atoms with Crippen LogP contribution in [0.3, 0.4) is 0 Å². The van der Waals surface area contributed by atoms with Gasteiger partial charge in [0, 0.05) is 11.3 Å². The van der Waals surface area contributed by atoms with Crippen molar-refractivity contribution in [3.63, 3.8) is 0 Å². The SMILES string of the molecule is Cc1ccc(N2C(=O)C(=O)/C(=C(\O)c3ccc4c(c3)CCCC4)C2c2ccc(F)cc2)cc1. The van der Waals surface area contributed by atoms with Gasteiger partial charge in [-0.15, -0.1) is 0 Å². The number of aliphatic hydroxyl groups excluding tert-OH is 1. The minimum atomic E-state index is -0.857. The van der Waals surface area contributed by atoms with Crippen LogP contribution in [0.25, 0.3) is 5.76 Å². The van der Waals surface area contributed by atoms with Crippen molar-refractivity contribution in [3.05, 3.63) is 106 Å². The molecule has 3 aromatic rings. The minimum absolute atomic E-state index is 0.0166. The van der Waals surface area contributed by atoms with Crippen LogP contribution in [0.1, 0.15) is 46.7 Å². The molecular formula is C28H24FNO3. The van der Waals surface area contributed by atoms with E-state index in [2.05, 4.69) is 0 Å². The molecule has 0 aromatic heterocycles. The zero-order valence-corrected chi connectivity index (χ0v) is 18.3. The highest BCUT2D eigenvalue weighted by molar-refractivity contribution is 6.51. The first-order chi connectivity index (χ1) is 15.9. The molecule has 1 heterocycles. The van der Waals surface area contributed by atoms with Crippen molar-refractivity contribution >= 4 is 23.1 Å². The molecule has 1 N–H and O–H groups in total. The molecule has 1 saturated heterocycles. The molecule has 1 aliphatic heterocycles. The molecule has 33 heavy (non-hydrogen) atoms. The van der Waals surface area contributed by atoms with Gasteiger partial charge in [-0.2, -0.15) is 0 Å². The van der Waals surface area contributed by atoms with Gasteiger partial charge in [-0.05, 0) is 79.6 Å². The summed E-state index contributed by atoms with van der Waals surface area (Å²) in [5.41, 5.74) is 5.07. The molecule has 1 amide bonds. The Hall–Kier alpha value is -3.73. The van der Waals surface area contributed by atoms with Crippen LogP contribution in [0, 0.1) is 12.7 Å². The largest absolute Gasteiger partial charge is 0.507 e.